The van der Waals surface area contributed by atoms with Crippen LogP contribution in [0.1, 0.15) is 31.7 Å². The van der Waals surface area contributed by atoms with Crippen molar-refractivity contribution in [1.82, 2.24) is 0 Å². The molecule has 0 saturated carbocycles. The molecular weight excluding hydrogens is 370 g/mol. The monoisotopic (exact) mass is 388 g/mol. The van der Waals surface area contributed by atoms with Gasteiger partial charge in [-0.05, 0) is 68.7 Å². The Bertz CT molecular complexity index is 838. The highest BCUT2D eigenvalue weighted by Gasteiger charge is 2.43. The van der Waals surface area contributed by atoms with Crippen molar-refractivity contribution < 1.29 is 22.3 Å². The van der Waals surface area contributed by atoms with Gasteiger partial charge in [-0.1, -0.05) is 11.6 Å². The summed E-state index contributed by atoms with van der Waals surface area (Å²) < 4.78 is 52.9. The minimum absolute atomic E-state index is 0.0212. The SMILES string of the molecule is CC(CCCCO)(c1cc(F)ccc1F)S(=O)(=O)c1ccc(Cl)cc1. The minimum Gasteiger partial charge on any atom is -0.396 e. The van der Waals surface area contributed by atoms with Gasteiger partial charge in [0.1, 0.15) is 16.4 Å². The lowest BCUT2D eigenvalue weighted by Crippen LogP contribution is -2.34. The van der Waals surface area contributed by atoms with Gasteiger partial charge in [-0.3, -0.25) is 0 Å². The molecule has 25 heavy (non-hydrogen) atoms. The second-order valence-electron chi connectivity index (χ2n) is 5.99. The first-order chi connectivity index (χ1) is 11.7. The Balaban J connectivity index is 2.62. The van der Waals surface area contributed by atoms with Crippen LogP contribution in [0, 0.1) is 11.6 Å². The summed E-state index contributed by atoms with van der Waals surface area (Å²) in [5.41, 5.74) is -0.222. The molecule has 0 aliphatic carbocycles. The van der Waals surface area contributed by atoms with Gasteiger partial charge in [0.2, 0.25) is 0 Å². The molecule has 0 saturated heterocycles. The maximum absolute atomic E-state index is 14.4. The summed E-state index contributed by atoms with van der Waals surface area (Å²) in [6.45, 7) is 1.27. The molecule has 3 nitrogen and oxygen atoms in total. The van der Waals surface area contributed by atoms with E-state index in [0.717, 1.165) is 18.2 Å². The largest absolute Gasteiger partial charge is 0.396 e. The maximum atomic E-state index is 14.4. The molecule has 2 aromatic rings. The molecule has 1 atom stereocenters. The van der Waals surface area contributed by atoms with Crippen LogP contribution in [-0.2, 0) is 14.6 Å². The molecule has 0 amide bonds. The zero-order valence-electron chi connectivity index (χ0n) is 13.7. The Hall–Kier alpha value is -1.50. The van der Waals surface area contributed by atoms with Gasteiger partial charge in [0.05, 0.1) is 4.90 Å². The highest BCUT2D eigenvalue weighted by atomic mass is 35.5. The molecule has 1 unspecified atom stereocenters. The Morgan fingerprint density at radius 3 is 2.32 bits per heavy atom. The maximum Gasteiger partial charge on any atom is 0.188 e. The van der Waals surface area contributed by atoms with E-state index in [1.807, 2.05) is 0 Å². The second-order valence-corrected chi connectivity index (χ2v) is 8.81. The van der Waals surface area contributed by atoms with Crippen molar-refractivity contribution in [2.24, 2.45) is 0 Å². The van der Waals surface area contributed by atoms with Crippen LogP contribution < -0.4 is 0 Å². The van der Waals surface area contributed by atoms with Crippen LogP contribution in [0.3, 0.4) is 0 Å². The summed E-state index contributed by atoms with van der Waals surface area (Å²) in [7, 11) is -4.04. The highest BCUT2D eigenvalue weighted by molar-refractivity contribution is 7.92. The van der Waals surface area contributed by atoms with E-state index in [1.165, 1.54) is 31.2 Å². The van der Waals surface area contributed by atoms with Gasteiger partial charge in [-0.2, -0.15) is 0 Å². The fourth-order valence-corrected chi connectivity index (χ4v) is 4.76. The molecule has 0 fully saturated rings. The van der Waals surface area contributed by atoms with E-state index >= 15 is 0 Å². The van der Waals surface area contributed by atoms with E-state index in [4.69, 9.17) is 16.7 Å². The molecule has 0 aromatic heterocycles. The van der Waals surface area contributed by atoms with Gasteiger partial charge in [-0.25, -0.2) is 17.2 Å². The van der Waals surface area contributed by atoms with Crippen molar-refractivity contribution in [2.45, 2.75) is 35.8 Å². The van der Waals surface area contributed by atoms with Crippen LogP contribution in [0.15, 0.2) is 47.4 Å². The van der Waals surface area contributed by atoms with Crippen molar-refractivity contribution in [3.8, 4) is 0 Å². The number of halogens is 3. The number of sulfone groups is 1. The van der Waals surface area contributed by atoms with Crippen LogP contribution >= 0.6 is 11.6 Å². The number of hydrogen-bond acceptors (Lipinski definition) is 3. The van der Waals surface area contributed by atoms with Gasteiger partial charge in [0.15, 0.2) is 9.84 Å². The number of rotatable bonds is 7. The van der Waals surface area contributed by atoms with Crippen molar-refractivity contribution in [3.05, 3.63) is 64.7 Å². The third-order valence-corrected chi connectivity index (χ3v) is 7.03. The molecule has 0 aliphatic heterocycles. The van der Waals surface area contributed by atoms with Crippen molar-refractivity contribution in [2.75, 3.05) is 6.61 Å². The lowest BCUT2D eigenvalue weighted by Gasteiger charge is -2.30. The summed E-state index contributed by atoms with van der Waals surface area (Å²) in [6, 6.07) is 8.35. The third-order valence-electron chi connectivity index (χ3n) is 4.28. The summed E-state index contributed by atoms with van der Waals surface area (Å²) in [4.78, 5) is -0.0212. The van der Waals surface area contributed by atoms with E-state index in [9.17, 15) is 17.2 Å². The average molecular weight is 389 g/mol. The third kappa shape index (κ3) is 4.02. The normalized spacial score (nSPS) is 14.3. The first kappa shape index (κ1) is 19.8. The van der Waals surface area contributed by atoms with Gasteiger partial charge in [0, 0.05) is 17.2 Å². The topological polar surface area (TPSA) is 54.4 Å². The van der Waals surface area contributed by atoms with Crippen LogP contribution in [0.2, 0.25) is 5.02 Å². The van der Waals surface area contributed by atoms with Crippen LogP contribution in [0.25, 0.3) is 0 Å². The Labute approximate surface area is 151 Å². The molecule has 0 heterocycles. The molecule has 2 rings (SSSR count). The molecule has 0 radical (unpaired) electrons. The van der Waals surface area contributed by atoms with Gasteiger partial charge >= 0.3 is 0 Å². The Morgan fingerprint density at radius 1 is 1.08 bits per heavy atom. The molecule has 7 heteroatoms. The molecule has 0 spiro atoms. The predicted octanol–water partition coefficient (Wildman–Crippen LogP) is 4.47. The number of hydrogen-bond donors (Lipinski definition) is 1. The van der Waals surface area contributed by atoms with E-state index in [2.05, 4.69) is 0 Å². The summed E-state index contributed by atoms with van der Waals surface area (Å²) in [6.07, 6.45) is 0.747. The van der Waals surface area contributed by atoms with Gasteiger partial charge < -0.3 is 5.11 Å². The average Bonchev–Trinajstić information content (AvgIpc) is 2.57. The van der Waals surface area contributed by atoms with Crippen LogP contribution in [-0.4, -0.2) is 20.1 Å². The molecule has 0 aliphatic rings. The van der Waals surface area contributed by atoms with E-state index < -0.39 is 26.2 Å². The zero-order chi connectivity index (χ0) is 18.7. The van der Waals surface area contributed by atoms with Gasteiger partial charge in [-0.15, -0.1) is 0 Å². The first-order valence-electron chi connectivity index (χ1n) is 7.79. The van der Waals surface area contributed by atoms with Crippen LogP contribution in [0.4, 0.5) is 8.78 Å². The van der Waals surface area contributed by atoms with Crippen molar-refractivity contribution >= 4 is 21.4 Å². The molecule has 0 bridgehead atoms. The first-order valence-corrected chi connectivity index (χ1v) is 9.65. The molecule has 2 aromatic carbocycles. The van der Waals surface area contributed by atoms with E-state index in [0.29, 0.717) is 17.9 Å². The van der Waals surface area contributed by atoms with Crippen molar-refractivity contribution in [3.63, 3.8) is 0 Å². The fourth-order valence-electron chi connectivity index (χ4n) is 2.76. The standard InChI is InChI=1S/C18H19ClF2O3S/c1-18(10-2-3-11-22,16-12-14(20)6-9-17(16)21)25(23,24)15-7-4-13(19)5-8-15/h4-9,12,22H,2-3,10-11H2,1H3. The molecule has 1 N–H and O–H groups in total. The predicted molar refractivity (Wildman–Crippen MR) is 93.3 cm³/mol. The smallest absolute Gasteiger partial charge is 0.188 e. The van der Waals surface area contributed by atoms with E-state index in [-0.39, 0.29) is 23.5 Å². The Morgan fingerprint density at radius 2 is 1.72 bits per heavy atom. The fraction of sp³-hybridized carbons (Fsp3) is 0.333. The quantitative estimate of drug-likeness (QED) is 0.712. The second kappa shape index (κ2) is 7.81. The highest BCUT2D eigenvalue weighted by Crippen LogP contribution is 2.41. The van der Waals surface area contributed by atoms with Crippen molar-refractivity contribution in [1.29, 1.82) is 0 Å². The summed E-state index contributed by atoms with van der Waals surface area (Å²) >= 11 is 5.81. The zero-order valence-corrected chi connectivity index (χ0v) is 15.2. The molecule has 136 valence electrons. The summed E-state index contributed by atoms with van der Waals surface area (Å²) in [5.74, 6) is -1.50. The lowest BCUT2D eigenvalue weighted by molar-refractivity contribution is 0.279. The number of unbranched alkanes of at least 4 members (excludes halogenated alkanes) is 1. The number of aliphatic hydroxyl groups is 1. The minimum atomic E-state index is -4.04. The van der Waals surface area contributed by atoms with Crippen LogP contribution in [0.5, 0.6) is 0 Å². The summed E-state index contributed by atoms with van der Waals surface area (Å²) in [5, 5.41) is 9.36. The van der Waals surface area contributed by atoms with Gasteiger partial charge in [0.25, 0.3) is 0 Å². The lowest BCUT2D eigenvalue weighted by atomic mass is 9.93. The number of aliphatic hydroxyl groups excluding tert-OH is 1. The van der Waals surface area contributed by atoms with E-state index in [1.54, 1.807) is 0 Å². The molecular formula is C18H19ClF2O3S. The number of benzene rings is 2. The Kier molecular flexibility index (Phi) is 6.19.